The zero-order chi connectivity index (χ0) is 12.3. The van der Waals surface area contributed by atoms with Crippen LogP contribution in [0.15, 0.2) is 18.2 Å². The van der Waals surface area contributed by atoms with Gasteiger partial charge in [0, 0.05) is 29.2 Å². The molecule has 1 aliphatic heterocycles. The lowest BCUT2D eigenvalue weighted by Gasteiger charge is -2.30. The minimum atomic E-state index is -0.209. The van der Waals surface area contributed by atoms with Crippen molar-refractivity contribution in [2.75, 3.05) is 20.3 Å². The van der Waals surface area contributed by atoms with Gasteiger partial charge in [-0.15, -0.1) is 0 Å². The zero-order valence-corrected chi connectivity index (χ0v) is 10.6. The molecule has 0 bridgehead atoms. The van der Waals surface area contributed by atoms with Crippen molar-refractivity contribution in [2.45, 2.75) is 18.9 Å². The quantitative estimate of drug-likeness (QED) is 0.898. The van der Waals surface area contributed by atoms with Crippen molar-refractivity contribution < 1.29 is 9.13 Å². The summed E-state index contributed by atoms with van der Waals surface area (Å²) < 4.78 is 19.3. The highest BCUT2D eigenvalue weighted by atomic mass is 35.5. The number of halogens is 2. The lowest BCUT2D eigenvalue weighted by Crippen LogP contribution is -2.32. The van der Waals surface area contributed by atoms with E-state index in [2.05, 4.69) is 5.32 Å². The minimum Gasteiger partial charge on any atom is -0.381 e. The van der Waals surface area contributed by atoms with Crippen LogP contribution in [-0.2, 0) is 4.74 Å². The van der Waals surface area contributed by atoms with E-state index in [1.54, 1.807) is 12.1 Å². The predicted molar refractivity (Wildman–Crippen MR) is 66.8 cm³/mol. The highest BCUT2D eigenvalue weighted by Gasteiger charge is 2.26. The Hall–Kier alpha value is -0.640. The Balaban J connectivity index is 2.24. The van der Waals surface area contributed by atoms with Crippen molar-refractivity contribution in [3.63, 3.8) is 0 Å². The van der Waals surface area contributed by atoms with Gasteiger partial charge in [-0.2, -0.15) is 0 Å². The maximum Gasteiger partial charge on any atom is 0.128 e. The molecule has 1 heterocycles. The van der Waals surface area contributed by atoms with Gasteiger partial charge >= 0.3 is 0 Å². The van der Waals surface area contributed by atoms with Gasteiger partial charge in [-0.25, -0.2) is 4.39 Å². The van der Waals surface area contributed by atoms with Crippen molar-refractivity contribution in [3.05, 3.63) is 34.6 Å². The Kier molecular flexibility index (Phi) is 4.37. The van der Waals surface area contributed by atoms with Gasteiger partial charge in [0.05, 0.1) is 6.61 Å². The van der Waals surface area contributed by atoms with Crippen LogP contribution in [-0.4, -0.2) is 20.3 Å². The first kappa shape index (κ1) is 12.8. The third kappa shape index (κ3) is 2.97. The number of ether oxygens (including phenoxy) is 1. The third-order valence-electron chi connectivity index (χ3n) is 3.27. The van der Waals surface area contributed by atoms with E-state index >= 15 is 0 Å². The Morgan fingerprint density at radius 1 is 1.53 bits per heavy atom. The fourth-order valence-electron chi connectivity index (χ4n) is 2.43. The number of benzene rings is 1. The largest absolute Gasteiger partial charge is 0.381 e. The average Bonchev–Trinajstić information content (AvgIpc) is 2.36. The molecule has 1 aromatic rings. The van der Waals surface area contributed by atoms with Crippen LogP contribution in [0.2, 0.25) is 5.02 Å². The van der Waals surface area contributed by atoms with Crippen molar-refractivity contribution >= 4 is 11.6 Å². The standard InChI is InChI=1S/C13H17ClFNO/c1-16-13(9-3-2-6-17-8-9)11-7-10(14)4-5-12(11)15/h4-5,7,9,13,16H,2-3,6,8H2,1H3. The summed E-state index contributed by atoms with van der Waals surface area (Å²) in [6.45, 7) is 1.49. The summed E-state index contributed by atoms with van der Waals surface area (Å²) >= 11 is 5.93. The molecule has 1 aliphatic rings. The Morgan fingerprint density at radius 2 is 2.35 bits per heavy atom. The molecular weight excluding hydrogens is 241 g/mol. The molecule has 2 atom stereocenters. The second-order valence-electron chi connectivity index (χ2n) is 4.41. The molecule has 1 fully saturated rings. The summed E-state index contributed by atoms with van der Waals surface area (Å²) in [5.74, 6) is 0.0982. The normalized spacial score (nSPS) is 22.4. The van der Waals surface area contributed by atoms with Gasteiger partial charge in [-0.1, -0.05) is 11.6 Å². The monoisotopic (exact) mass is 257 g/mol. The van der Waals surface area contributed by atoms with E-state index in [-0.39, 0.29) is 11.9 Å². The maximum atomic E-state index is 13.8. The Bertz CT molecular complexity index is 380. The fraction of sp³-hybridized carbons (Fsp3) is 0.538. The highest BCUT2D eigenvalue weighted by Crippen LogP contribution is 2.31. The van der Waals surface area contributed by atoms with Crippen molar-refractivity contribution in [2.24, 2.45) is 5.92 Å². The molecule has 0 saturated carbocycles. The zero-order valence-electron chi connectivity index (χ0n) is 9.88. The van der Waals surface area contributed by atoms with Crippen LogP contribution in [0.25, 0.3) is 0 Å². The van der Waals surface area contributed by atoms with Gasteiger partial charge < -0.3 is 10.1 Å². The van der Waals surface area contributed by atoms with Crippen molar-refractivity contribution in [3.8, 4) is 0 Å². The van der Waals surface area contributed by atoms with Crippen LogP contribution >= 0.6 is 11.6 Å². The maximum absolute atomic E-state index is 13.8. The molecular formula is C13H17ClFNO. The van der Waals surface area contributed by atoms with Gasteiger partial charge in [-0.3, -0.25) is 0 Å². The van der Waals surface area contributed by atoms with E-state index in [9.17, 15) is 4.39 Å². The summed E-state index contributed by atoms with van der Waals surface area (Å²) in [7, 11) is 1.85. The molecule has 2 rings (SSSR count). The van der Waals surface area contributed by atoms with Crippen LogP contribution in [0, 0.1) is 11.7 Å². The third-order valence-corrected chi connectivity index (χ3v) is 3.51. The van der Waals surface area contributed by atoms with E-state index in [4.69, 9.17) is 16.3 Å². The molecule has 0 aromatic heterocycles. The van der Waals surface area contributed by atoms with Gasteiger partial charge in [0.15, 0.2) is 0 Å². The lowest BCUT2D eigenvalue weighted by molar-refractivity contribution is 0.0397. The Morgan fingerprint density at radius 3 is 3.00 bits per heavy atom. The molecule has 0 radical (unpaired) electrons. The molecule has 17 heavy (non-hydrogen) atoms. The summed E-state index contributed by atoms with van der Waals surface area (Å²) in [5.41, 5.74) is 0.635. The molecule has 94 valence electrons. The van der Waals surface area contributed by atoms with Crippen molar-refractivity contribution in [1.29, 1.82) is 0 Å². The number of nitrogens with one attached hydrogen (secondary N) is 1. The van der Waals surface area contributed by atoms with Gasteiger partial charge in [0.2, 0.25) is 0 Å². The highest BCUT2D eigenvalue weighted by molar-refractivity contribution is 6.30. The van der Waals surface area contributed by atoms with Crippen LogP contribution < -0.4 is 5.32 Å². The van der Waals surface area contributed by atoms with Crippen molar-refractivity contribution in [1.82, 2.24) is 5.32 Å². The second kappa shape index (κ2) is 5.80. The van der Waals surface area contributed by atoms with E-state index in [0.29, 0.717) is 23.1 Å². The molecule has 0 aliphatic carbocycles. The average molecular weight is 258 g/mol. The van der Waals surface area contributed by atoms with E-state index in [1.807, 2.05) is 7.05 Å². The molecule has 4 heteroatoms. The first-order valence-corrected chi connectivity index (χ1v) is 6.30. The second-order valence-corrected chi connectivity index (χ2v) is 4.85. The minimum absolute atomic E-state index is 0.0333. The van der Waals surface area contributed by atoms with E-state index < -0.39 is 0 Å². The van der Waals surface area contributed by atoms with E-state index in [0.717, 1.165) is 19.4 Å². The molecule has 0 amide bonds. The first-order chi connectivity index (χ1) is 8.22. The number of hydrogen-bond donors (Lipinski definition) is 1. The first-order valence-electron chi connectivity index (χ1n) is 5.92. The number of hydrogen-bond acceptors (Lipinski definition) is 2. The Labute approximate surface area is 106 Å². The smallest absolute Gasteiger partial charge is 0.128 e. The summed E-state index contributed by atoms with van der Waals surface area (Å²) in [6, 6.07) is 4.66. The van der Waals surface area contributed by atoms with Gasteiger partial charge in [-0.05, 0) is 38.1 Å². The van der Waals surface area contributed by atoms with Gasteiger partial charge in [0.1, 0.15) is 5.82 Å². The van der Waals surface area contributed by atoms with Crippen LogP contribution in [0.4, 0.5) is 4.39 Å². The van der Waals surface area contributed by atoms with Gasteiger partial charge in [0.25, 0.3) is 0 Å². The molecule has 2 nitrogen and oxygen atoms in total. The molecule has 0 spiro atoms. The lowest BCUT2D eigenvalue weighted by atomic mass is 9.88. The summed E-state index contributed by atoms with van der Waals surface area (Å²) in [4.78, 5) is 0. The molecule has 1 N–H and O–H groups in total. The predicted octanol–water partition coefficient (Wildman–Crippen LogP) is 3.17. The molecule has 1 aromatic carbocycles. The summed E-state index contributed by atoms with van der Waals surface area (Å²) in [5, 5.41) is 3.75. The van der Waals surface area contributed by atoms with Crippen LogP contribution in [0.5, 0.6) is 0 Å². The molecule has 1 saturated heterocycles. The SMILES string of the molecule is CNC(c1cc(Cl)ccc1F)C1CCCOC1. The van der Waals surface area contributed by atoms with E-state index in [1.165, 1.54) is 6.07 Å². The topological polar surface area (TPSA) is 21.3 Å². The van der Waals surface area contributed by atoms with Crippen LogP contribution in [0.1, 0.15) is 24.4 Å². The number of rotatable bonds is 3. The fourth-order valence-corrected chi connectivity index (χ4v) is 2.61. The summed E-state index contributed by atoms with van der Waals surface area (Å²) in [6.07, 6.45) is 2.09. The molecule has 2 unspecified atom stereocenters. The van der Waals surface area contributed by atoms with Crippen LogP contribution in [0.3, 0.4) is 0 Å².